The summed E-state index contributed by atoms with van der Waals surface area (Å²) < 4.78 is 0. The zero-order chi connectivity index (χ0) is 20.2. The van der Waals surface area contributed by atoms with E-state index >= 15 is 0 Å². The molecular formula is C23H21ClN2O2S. The molecule has 2 heterocycles. The smallest absolute Gasteiger partial charge is 0.264 e. The Morgan fingerprint density at radius 3 is 2.72 bits per heavy atom. The van der Waals surface area contributed by atoms with E-state index in [1.54, 1.807) is 4.90 Å². The van der Waals surface area contributed by atoms with E-state index in [1.807, 2.05) is 53.9 Å². The van der Waals surface area contributed by atoms with Gasteiger partial charge >= 0.3 is 0 Å². The molecule has 0 saturated carbocycles. The fourth-order valence-electron chi connectivity index (χ4n) is 3.44. The molecule has 6 heteroatoms. The molecule has 0 fully saturated rings. The van der Waals surface area contributed by atoms with Crippen molar-refractivity contribution in [1.82, 2.24) is 4.90 Å². The number of hydrogen-bond donors (Lipinski definition) is 0. The van der Waals surface area contributed by atoms with E-state index in [1.165, 1.54) is 11.3 Å². The van der Waals surface area contributed by atoms with Gasteiger partial charge in [0.2, 0.25) is 0 Å². The zero-order valence-corrected chi connectivity index (χ0v) is 17.6. The number of aryl methyl sites for hydroxylation is 1. The average molecular weight is 425 g/mol. The van der Waals surface area contributed by atoms with Gasteiger partial charge in [0.25, 0.3) is 5.91 Å². The van der Waals surface area contributed by atoms with Crippen LogP contribution in [0.15, 0.2) is 71.2 Å². The van der Waals surface area contributed by atoms with Gasteiger partial charge in [-0.2, -0.15) is 0 Å². The number of carbonyl (C=O) groups excluding carboxylic acids is 1. The first kappa shape index (κ1) is 19.7. The number of amides is 1. The SMILES string of the molecule is Cc1ccccc1C1=NO[C@@H](CN(Cc2ccccc2Cl)C(=O)c2cccs2)C1. The predicted molar refractivity (Wildman–Crippen MR) is 118 cm³/mol. The van der Waals surface area contributed by atoms with E-state index in [0.29, 0.717) is 29.4 Å². The largest absolute Gasteiger partial charge is 0.390 e. The summed E-state index contributed by atoms with van der Waals surface area (Å²) in [5.41, 5.74) is 4.10. The molecule has 29 heavy (non-hydrogen) atoms. The maximum Gasteiger partial charge on any atom is 0.264 e. The van der Waals surface area contributed by atoms with Gasteiger partial charge in [-0.3, -0.25) is 4.79 Å². The van der Waals surface area contributed by atoms with Crippen molar-refractivity contribution in [3.63, 3.8) is 0 Å². The van der Waals surface area contributed by atoms with Crippen molar-refractivity contribution in [2.24, 2.45) is 5.16 Å². The lowest BCUT2D eigenvalue weighted by molar-refractivity contribution is 0.0408. The van der Waals surface area contributed by atoms with Gasteiger partial charge in [-0.15, -0.1) is 11.3 Å². The summed E-state index contributed by atoms with van der Waals surface area (Å²) >= 11 is 7.78. The number of carbonyl (C=O) groups is 1. The van der Waals surface area contributed by atoms with Gasteiger partial charge in [0, 0.05) is 23.6 Å². The molecule has 0 bridgehead atoms. The van der Waals surface area contributed by atoms with Gasteiger partial charge in [-0.1, -0.05) is 65.3 Å². The molecule has 1 atom stereocenters. The molecule has 1 aliphatic heterocycles. The van der Waals surface area contributed by atoms with Crippen LogP contribution in [0.1, 0.15) is 32.8 Å². The van der Waals surface area contributed by atoms with Crippen LogP contribution in [0.5, 0.6) is 0 Å². The number of nitrogens with zero attached hydrogens (tertiary/aromatic N) is 2. The van der Waals surface area contributed by atoms with Crippen molar-refractivity contribution in [3.05, 3.63) is 92.6 Å². The summed E-state index contributed by atoms with van der Waals surface area (Å²) in [5, 5.41) is 6.87. The van der Waals surface area contributed by atoms with Crippen molar-refractivity contribution < 1.29 is 9.63 Å². The number of halogens is 1. The molecule has 1 aromatic heterocycles. The van der Waals surface area contributed by atoms with Crippen molar-refractivity contribution in [1.29, 1.82) is 0 Å². The van der Waals surface area contributed by atoms with Gasteiger partial charge in [-0.25, -0.2) is 0 Å². The molecule has 1 amide bonds. The maximum atomic E-state index is 13.1. The van der Waals surface area contributed by atoms with Crippen LogP contribution in [0.3, 0.4) is 0 Å². The van der Waals surface area contributed by atoms with Crippen LogP contribution in [0.25, 0.3) is 0 Å². The molecule has 0 spiro atoms. The van der Waals surface area contributed by atoms with Crippen molar-refractivity contribution in [2.45, 2.75) is 26.0 Å². The normalized spacial score (nSPS) is 15.7. The first-order valence-electron chi connectivity index (χ1n) is 9.46. The summed E-state index contributed by atoms with van der Waals surface area (Å²) in [6, 6.07) is 19.5. The second kappa shape index (κ2) is 8.80. The van der Waals surface area contributed by atoms with Crippen LogP contribution in [0.4, 0.5) is 0 Å². The number of thiophene rings is 1. The minimum atomic E-state index is -0.184. The second-order valence-electron chi connectivity index (χ2n) is 7.04. The first-order valence-corrected chi connectivity index (χ1v) is 10.7. The van der Waals surface area contributed by atoms with Crippen molar-refractivity contribution >= 4 is 34.6 Å². The van der Waals surface area contributed by atoms with Crippen LogP contribution in [-0.2, 0) is 11.4 Å². The second-order valence-corrected chi connectivity index (χ2v) is 8.39. The van der Waals surface area contributed by atoms with E-state index in [0.717, 1.165) is 22.4 Å². The van der Waals surface area contributed by atoms with Gasteiger partial charge < -0.3 is 9.74 Å². The minimum absolute atomic E-state index is 0.0205. The van der Waals surface area contributed by atoms with Crippen LogP contribution in [-0.4, -0.2) is 29.2 Å². The topological polar surface area (TPSA) is 41.9 Å². The Balaban J connectivity index is 1.51. The van der Waals surface area contributed by atoms with E-state index in [4.69, 9.17) is 16.4 Å². The predicted octanol–water partition coefficient (Wildman–Crippen LogP) is 5.55. The molecule has 0 N–H and O–H groups in total. The molecule has 4 rings (SSSR count). The van der Waals surface area contributed by atoms with Gasteiger partial charge in [-0.05, 0) is 35.6 Å². The molecule has 0 radical (unpaired) electrons. The average Bonchev–Trinajstić information content (AvgIpc) is 3.41. The van der Waals surface area contributed by atoms with Gasteiger partial charge in [0.1, 0.15) is 0 Å². The van der Waals surface area contributed by atoms with Crippen LogP contribution in [0.2, 0.25) is 5.02 Å². The minimum Gasteiger partial charge on any atom is -0.390 e. The third kappa shape index (κ3) is 4.52. The summed E-state index contributed by atoms with van der Waals surface area (Å²) in [4.78, 5) is 21.3. The summed E-state index contributed by atoms with van der Waals surface area (Å²) in [7, 11) is 0. The summed E-state index contributed by atoms with van der Waals surface area (Å²) in [6.07, 6.45) is 0.484. The molecule has 2 aromatic carbocycles. The lowest BCUT2D eigenvalue weighted by atomic mass is 10.00. The molecule has 0 saturated heterocycles. The van der Waals surface area contributed by atoms with E-state index in [2.05, 4.69) is 24.2 Å². The van der Waals surface area contributed by atoms with Crippen LogP contribution < -0.4 is 0 Å². The first-order chi connectivity index (χ1) is 14.1. The highest BCUT2D eigenvalue weighted by atomic mass is 35.5. The Kier molecular flexibility index (Phi) is 5.97. The summed E-state index contributed by atoms with van der Waals surface area (Å²) in [5.74, 6) is -0.0205. The number of rotatable bonds is 6. The number of benzene rings is 2. The molecule has 0 unspecified atom stereocenters. The Bertz CT molecular complexity index is 1030. The van der Waals surface area contributed by atoms with Gasteiger partial charge in [0.05, 0.1) is 17.1 Å². The Hall–Kier alpha value is -2.63. The molecule has 148 valence electrons. The van der Waals surface area contributed by atoms with E-state index in [-0.39, 0.29) is 12.0 Å². The van der Waals surface area contributed by atoms with Crippen molar-refractivity contribution in [3.8, 4) is 0 Å². The highest BCUT2D eigenvalue weighted by Gasteiger charge is 2.28. The lowest BCUT2D eigenvalue weighted by Crippen LogP contribution is -2.37. The molecule has 4 nitrogen and oxygen atoms in total. The Labute approximate surface area is 179 Å². The monoisotopic (exact) mass is 424 g/mol. The van der Waals surface area contributed by atoms with Crippen LogP contribution in [0, 0.1) is 6.92 Å². The highest BCUT2D eigenvalue weighted by molar-refractivity contribution is 7.12. The van der Waals surface area contributed by atoms with Gasteiger partial charge in [0.15, 0.2) is 6.10 Å². The molecular weight excluding hydrogens is 404 g/mol. The zero-order valence-electron chi connectivity index (χ0n) is 16.0. The standard InChI is InChI=1S/C23H21ClN2O2S/c1-16-7-2-4-9-19(16)21-13-18(28-25-21)15-26(23(27)22-11-6-12-29-22)14-17-8-3-5-10-20(17)24/h2-12,18H,13-15H2,1H3/t18-/m1/s1. The Morgan fingerprint density at radius 2 is 1.97 bits per heavy atom. The molecule has 0 aliphatic carbocycles. The molecule has 3 aromatic rings. The fraction of sp³-hybridized carbons (Fsp3) is 0.217. The van der Waals surface area contributed by atoms with Crippen LogP contribution >= 0.6 is 22.9 Å². The maximum absolute atomic E-state index is 13.1. The summed E-state index contributed by atoms with van der Waals surface area (Å²) in [6.45, 7) is 2.94. The van der Waals surface area contributed by atoms with Crippen molar-refractivity contribution in [2.75, 3.05) is 6.54 Å². The third-order valence-corrected chi connectivity index (χ3v) is 6.18. The fourth-order valence-corrected chi connectivity index (χ4v) is 4.32. The highest BCUT2D eigenvalue weighted by Crippen LogP contribution is 2.24. The Morgan fingerprint density at radius 1 is 1.17 bits per heavy atom. The third-order valence-electron chi connectivity index (χ3n) is 4.95. The van der Waals surface area contributed by atoms with E-state index < -0.39 is 0 Å². The lowest BCUT2D eigenvalue weighted by Gasteiger charge is -2.25. The molecule has 1 aliphatic rings. The van der Waals surface area contributed by atoms with E-state index in [9.17, 15) is 4.79 Å². The quantitative estimate of drug-likeness (QED) is 0.520. The number of oxime groups is 1. The number of hydrogen-bond acceptors (Lipinski definition) is 4.